The van der Waals surface area contributed by atoms with Crippen LogP contribution in [0, 0.1) is 0 Å². The van der Waals surface area contributed by atoms with E-state index in [9.17, 15) is 0 Å². The first kappa shape index (κ1) is 10.8. The highest BCUT2D eigenvalue weighted by atomic mass is 32.1. The van der Waals surface area contributed by atoms with Gasteiger partial charge in [-0.2, -0.15) is 0 Å². The average molecular weight is 224 g/mol. The number of nitrogens with zero attached hydrogens (tertiary/aromatic N) is 1. The summed E-state index contributed by atoms with van der Waals surface area (Å²) in [7, 11) is 0. The largest absolute Gasteiger partial charge is 0.377 e. The molecule has 0 amide bonds. The normalized spacial score (nSPS) is 16.4. The summed E-state index contributed by atoms with van der Waals surface area (Å²) < 4.78 is 5.26. The third kappa shape index (κ3) is 3.74. The zero-order valence-corrected chi connectivity index (χ0v) is 9.55. The van der Waals surface area contributed by atoms with Crippen molar-refractivity contribution < 1.29 is 4.74 Å². The summed E-state index contributed by atoms with van der Waals surface area (Å²) in [5.41, 5.74) is 3.40. The van der Waals surface area contributed by atoms with Crippen LogP contribution in [0.3, 0.4) is 0 Å². The molecule has 1 aromatic rings. The van der Waals surface area contributed by atoms with Gasteiger partial charge in [0.25, 0.3) is 0 Å². The molecule has 0 radical (unpaired) electrons. The molecule has 1 N–H and O–H groups in total. The van der Waals surface area contributed by atoms with Gasteiger partial charge in [-0.25, -0.2) is 0 Å². The number of hydrogen-bond acceptors (Lipinski definition) is 4. The quantitative estimate of drug-likeness (QED) is 0.613. The molecule has 4 heteroatoms. The number of nitrogens with one attached hydrogen (secondary N) is 1. The molecule has 0 bridgehead atoms. The van der Waals surface area contributed by atoms with E-state index in [0.29, 0.717) is 0 Å². The number of ether oxygens (including phenoxy) is 1. The minimum Gasteiger partial charge on any atom is -0.377 e. The summed E-state index contributed by atoms with van der Waals surface area (Å²) in [6.45, 7) is 3.67. The topological polar surface area (TPSA) is 34.2 Å². The molecule has 2 heterocycles. The molecule has 3 nitrogen and oxygen atoms in total. The van der Waals surface area contributed by atoms with Crippen LogP contribution in [0.2, 0.25) is 0 Å². The predicted molar refractivity (Wildman–Crippen MR) is 62.0 cm³/mol. The molecule has 2 rings (SSSR count). The van der Waals surface area contributed by atoms with Gasteiger partial charge in [0, 0.05) is 17.6 Å². The third-order valence-corrected chi connectivity index (χ3v) is 3.24. The first-order valence-corrected chi connectivity index (χ1v) is 6.17. The predicted octanol–water partition coefficient (Wildman–Crippen LogP) is 1.97. The Bertz CT molecular complexity index is 308. The highest BCUT2D eigenvalue weighted by molar-refractivity contribution is 7.09. The lowest BCUT2D eigenvalue weighted by Gasteiger charge is -2.13. The van der Waals surface area contributed by atoms with E-state index in [1.165, 1.54) is 10.5 Å². The van der Waals surface area contributed by atoms with E-state index in [0.717, 1.165) is 39.1 Å². The lowest BCUT2D eigenvalue weighted by Crippen LogP contribution is -2.16. The highest BCUT2D eigenvalue weighted by Gasteiger charge is 2.02. The van der Waals surface area contributed by atoms with Gasteiger partial charge in [0.15, 0.2) is 0 Å². The van der Waals surface area contributed by atoms with Gasteiger partial charge in [-0.1, -0.05) is 11.6 Å². The molecule has 15 heavy (non-hydrogen) atoms. The summed E-state index contributed by atoms with van der Waals surface area (Å²) in [4.78, 5) is 5.34. The maximum absolute atomic E-state index is 5.26. The molecule has 0 saturated carbocycles. The van der Waals surface area contributed by atoms with Crippen molar-refractivity contribution in [1.29, 1.82) is 0 Å². The van der Waals surface area contributed by atoms with Crippen LogP contribution in [0.25, 0.3) is 0 Å². The zero-order valence-electron chi connectivity index (χ0n) is 8.74. The highest BCUT2D eigenvalue weighted by Crippen LogP contribution is 2.11. The van der Waals surface area contributed by atoms with E-state index in [2.05, 4.69) is 16.4 Å². The van der Waals surface area contributed by atoms with Crippen LogP contribution >= 0.6 is 11.3 Å². The summed E-state index contributed by atoms with van der Waals surface area (Å²) in [6.07, 6.45) is 6.37. The smallest absolute Gasteiger partial charge is 0.0794 e. The zero-order chi connectivity index (χ0) is 10.3. The van der Waals surface area contributed by atoms with Gasteiger partial charge in [-0.15, -0.1) is 11.3 Å². The molecule has 1 aliphatic heterocycles. The first-order chi connectivity index (χ1) is 7.45. The second-order valence-corrected chi connectivity index (χ2v) is 4.55. The second-order valence-electron chi connectivity index (χ2n) is 3.58. The van der Waals surface area contributed by atoms with E-state index < -0.39 is 0 Å². The van der Waals surface area contributed by atoms with Gasteiger partial charge in [0.05, 0.1) is 18.7 Å². The van der Waals surface area contributed by atoms with Gasteiger partial charge >= 0.3 is 0 Å². The Morgan fingerprint density at radius 1 is 1.53 bits per heavy atom. The Hall–Kier alpha value is -0.710. The van der Waals surface area contributed by atoms with Gasteiger partial charge in [-0.05, 0) is 19.4 Å². The van der Waals surface area contributed by atoms with Crippen LogP contribution in [-0.4, -0.2) is 24.7 Å². The van der Waals surface area contributed by atoms with Gasteiger partial charge in [0.2, 0.25) is 0 Å². The Morgan fingerprint density at radius 2 is 2.53 bits per heavy atom. The molecular formula is C11H16N2OS. The minimum absolute atomic E-state index is 0.796. The lowest BCUT2D eigenvalue weighted by atomic mass is 10.1. The van der Waals surface area contributed by atoms with Crippen LogP contribution in [0.5, 0.6) is 0 Å². The van der Waals surface area contributed by atoms with Gasteiger partial charge in [0.1, 0.15) is 0 Å². The molecule has 1 aromatic heterocycles. The van der Waals surface area contributed by atoms with Crippen LogP contribution in [0.1, 0.15) is 17.7 Å². The van der Waals surface area contributed by atoms with Gasteiger partial charge in [-0.3, -0.25) is 4.98 Å². The van der Waals surface area contributed by atoms with Crippen molar-refractivity contribution in [3.05, 3.63) is 28.2 Å². The van der Waals surface area contributed by atoms with E-state index in [4.69, 9.17) is 4.74 Å². The van der Waals surface area contributed by atoms with Crippen molar-refractivity contribution >= 4 is 11.3 Å². The minimum atomic E-state index is 0.796. The maximum atomic E-state index is 5.26. The van der Waals surface area contributed by atoms with Crippen LogP contribution < -0.4 is 5.32 Å². The lowest BCUT2D eigenvalue weighted by molar-refractivity contribution is 0.153. The maximum Gasteiger partial charge on any atom is 0.0794 e. The van der Waals surface area contributed by atoms with Crippen molar-refractivity contribution in [2.24, 2.45) is 0 Å². The Balaban J connectivity index is 1.60. The molecule has 0 atom stereocenters. The summed E-state index contributed by atoms with van der Waals surface area (Å²) >= 11 is 1.70. The van der Waals surface area contributed by atoms with E-state index in [1.807, 2.05) is 11.7 Å². The number of rotatable bonds is 5. The molecule has 0 spiro atoms. The standard InChI is InChI=1S/C11H16N2OS/c1(10-2-5-14-6-3-10)4-12-7-11-8-13-9-15-11/h2,8-9,12H,1,3-7H2. The fraction of sp³-hybridized carbons (Fsp3) is 0.545. The molecular weight excluding hydrogens is 208 g/mol. The van der Waals surface area contributed by atoms with Crippen LogP contribution in [0.4, 0.5) is 0 Å². The van der Waals surface area contributed by atoms with Crippen molar-refractivity contribution in [3.8, 4) is 0 Å². The average Bonchev–Trinajstić information content (AvgIpc) is 2.79. The van der Waals surface area contributed by atoms with Crippen LogP contribution in [-0.2, 0) is 11.3 Å². The summed E-state index contributed by atoms with van der Waals surface area (Å²) in [5.74, 6) is 0. The van der Waals surface area contributed by atoms with E-state index in [-0.39, 0.29) is 0 Å². The molecule has 82 valence electrons. The molecule has 1 aliphatic rings. The Kier molecular flexibility index (Phi) is 4.32. The summed E-state index contributed by atoms with van der Waals surface area (Å²) in [6, 6.07) is 0. The molecule has 0 aromatic carbocycles. The van der Waals surface area contributed by atoms with Crippen molar-refractivity contribution in [1.82, 2.24) is 10.3 Å². The SMILES string of the molecule is C1=C(CCNCc2cncs2)CCOC1. The second kappa shape index (κ2) is 6.00. The van der Waals surface area contributed by atoms with Crippen molar-refractivity contribution in [2.75, 3.05) is 19.8 Å². The number of thiazole rings is 1. The van der Waals surface area contributed by atoms with E-state index >= 15 is 0 Å². The third-order valence-electron chi connectivity index (χ3n) is 2.46. The fourth-order valence-electron chi connectivity index (χ4n) is 1.58. The number of aromatic nitrogens is 1. The monoisotopic (exact) mass is 224 g/mol. The van der Waals surface area contributed by atoms with E-state index in [1.54, 1.807) is 11.3 Å². The Labute approximate surface area is 94.2 Å². The fourth-order valence-corrected chi connectivity index (χ4v) is 2.15. The molecule has 0 saturated heterocycles. The van der Waals surface area contributed by atoms with Crippen molar-refractivity contribution in [3.63, 3.8) is 0 Å². The molecule has 0 unspecified atom stereocenters. The van der Waals surface area contributed by atoms with Crippen molar-refractivity contribution in [2.45, 2.75) is 19.4 Å². The first-order valence-electron chi connectivity index (χ1n) is 5.29. The van der Waals surface area contributed by atoms with Gasteiger partial charge < -0.3 is 10.1 Å². The van der Waals surface area contributed by atoms with Crippen LogP contribution in [0.15, 0.2) is 23.4 Å². The molecule has 0 aliphatic carbocycles. The number of hydrogen-bond donors (Lipinski definition) is 1. The Morgan fingerprint density at radius 3 is 3.27 bits per heavy atom. The summed E-state index contributed by atoms with van der Waals surface area (Å²) in [5, 5.41) is 3.42. The molecule has 0 fully saturated rings.